The van der Waals surface area contributed by atoms with Crippen molar-refractivity contribution in [1.82, 2.24) is 4.81 Å². The highest BCUT2D eigenvalue weighted by Gasteiger charge is 2.25. The fraction of sp³-hybridized carbons (Fsp3) is 0.308. The number of amides is 1. The Balaban J connectivity index is 4.85. The average Bonchev–Trinajstić information content (AvgIpc) is 2.35. The van der Waals surface area contributed by atoms with Gasteiger partial charge in [-0.1, -0.05) is 30.8 Å². The minimum absolute atomic E-state index is 0.252. The highest BCUT2D eigenvalue weighted by Crippen LogP contribution is 2.08. The van der Waals surface area contributed by atoms with Gasteiger partial charge in [-0.2, -0.15) is 0 Å². The SMILES string of the molecule is C=C/C=C(\C)B(O)N(C)C(=O)C(=C)/C=C(\C)OC. The lowest BCUT2D eigenvalue weighted by molar-refractivity contribution is -0.122. The molecule has 0 heterocycles. The molecular formula is C13H20BNO3. The predicted octanol–water partition coefficient (Wildman–Crippen LogP) is 1.70. The van der Waals surface area contributed by atoms with Crippen LogP contribution in [-0.2, 0) is 9.53 Å². The third-order valence-corrected chi connectivity index (χ3v) is 2.45. The summed E-state index contributed by atoms with van der Waals surface area (Å²) in [5, 5.41) is 9.92. The summed E-state index contributed by atoms with van der Waals surface area (Å²) in [6, 6.07) is 0. The summed E-state index contributed by atoms with van der Waals surface area (Å²) in [5.74, 6) is 0.213. The van der Waals surface area contributed by atoms with Gasteiger partial charge in [0.05, 0.1) is 12.9 Å². The maximum absolute atomic E-state index is 12.0. The molecule has 0 fully saturated rings. The van der Waals surface area contributed by atoms with E-state index in [-0.39, 0.29) is 11.5 Å². The van der Waals surface area contributed by atoms with Crippen molar-refractivity contribution in [3.8, 4) is 0 Å². The van der Waals surface area contributed by atoms with Gasteiger partial charge in [0.25, 0.3) is 0 Å². The Hall–Kier alpha value is -1.75. The number of carbonyl (C=O) groups excluding carboxylic acids is 1. The van der Waals surface area contributed by atoms with Gasteiger partial charge in [-0.25, -0.2) is 0 Å². The summed E-state index contributed by atoms with van der Waals surface area (Å²) >= 11 is 0. The number of rotatable bonds is 6. The number of likely N-dealkylation sites (N-methyl/N-ethyl adjacent to an activating group) is 1. The minimum atomic E-state index is -0.997. The van der Waals surface area contributed by atoms with E-state index in [9.17, 15) is 9.82 Å². The van der Waals surface area contributed by atoms with Crippen LogP contribution in [0.1, 0.15) is 13.8 Å². The van der Waals surface area contributed by atoms with E-state index in [1.165, 1.54) is 25.0 Å². The zero-order valence-electron chi connectivity index (χ0n) is 11.4. The number of allylic oxidation sites excluding steroid dienone is 4. The van der Waals surface area contributed by atoms with Crippen molar-refractivity contribution >= 4 is 13.0 Å². The van der Waals surface area contributed by atoms with E-state index in [0.717, 1.165) is 0 Å². The molecule has 0 unspecified atom stereocenters. The molecule has 1 N–H and O–H groups in total. The van der Waals surface area contributed by atoms with E-state index in [0.29, 0.717) is 11.2 Å². The Kier molecular flexibility index (Phi) is 6.82. The molecule has 5 heteroatoms. The van der Waals surface area contributed by atoms with E-state index < -0.39 is 7.05 Å². The topological polar surface area (TPSA) is 49.8 Å². The van der Waals surface area contributed by atoms with Crippen LogP contribution in [0.4, 0.5) is 0 Å². The first-order chi connectivity index (χ1) is 8.34. The highest BCUT2D eigenvalue weighted by molar-refractivity contribution is 6.59. The Morgan fingerprint density at radius 3 is 2.44 bits per heavy atom. The van der Waals surface area contributed by atoms with Gasteiger partial charge in [0.2, 0.25) is 5.91 Å². The zero-order chi connectivity index (χ0) is 14.3. The molecule has 0 spiro atoms. The second-order valence-corrected chi connectivity index (χ2v) is 3.92. The van der Waals surface area contributed by atoms with Crippen LogP contribution in [0.2, 0.25) is 0 Å². The Bertz CT molecular complexity index is 399. The molecule has 0 bridgehead atoms. The summed E-state index contributed by atoms with van der Waals surface area (Å²) in [5.41, 5.74) is 0.878. The van der Waals surface area contributed by atoms with Crippen LogP contribution in [0.3, 0.4) is 0 Å². The second kappa shape index (κ2) is 7.56. The van der Waals surface area contributed by atoms with Gasteiger partial charge < -0.3 is 14.6 Å². The lowest BCUT2D eigenvalue weighted by atomic mass is 9.71. The smallest absolute Gasteiger partial charge is 0.447 e. The molecule has 0 aliphatic carbocycles. The first-order valence-corrected chi connectivity index (χ1v) is 5.50. The molecule has 0 saturated heterocycles. The van der Waals surface area contributed by atoms with Gasteiger partial charge in [-0.3, -0.25) is 4.79 Å². The molecular weight excluding hydrogens is 229 g/mol. The van der Waals surface area contributed by atoms with Crippen molar-refractivity contribution < 1.29 is 14.6 Å². The summed E-state index contributed by atoms with van der Waals surface area (Å²) in [7, 11) is 2.02. The normalized spacial score (nSPS) is 11.8. The second-order valence-electron chi connectivity index (χ2n) is 3.92. The molecule has 4 nitrogen and oxygen atoms in total. The van der Waals surface area contributed by atoms with E-state index in [1.807, 2.05) is 0 Å². The fourth-order valence-electron chi connectivity index (χ4n) is 1.28. The van der Waals surface area contributed by atoms with Crippen molar-refractivity contribution in [2.75, 3.05) is 14.2 Å². The van der Waals surface area contributed by atoms with Crippen molar-refractivity contribution in [3.05, 3.63) is 48.2 Å². The molecule has 0 aliphatic rings. The molecule has 98 valence electrons. The number of hydrogen-bond donors (Lipinski definition) is 1. The van der Waals surface area contributed by atoms with Gasteiger partial charge in [0.1, 0.15) is 0 Å². The van der Waals surface area contributed by atoms with Crippen LogP contribution >= 0.6 is 0 Å². The van der Waals surface area contributed by atoms with E-state index in [1.54, 1.807) is 26.0 Å². The third-order valence-electron chi connectivity index (χ3n) is 2.45. The highest BCUT2D eigenvalue weighted by atomic mass is 16.5. The lowest BCUT2D eigenvalue weighted by Crippen LogP contribution is -2.42. The summed E-state index contributed by atoms with van der Waals surface area (Å²) in [6.45, 7) is 10.6. The van der Waals surface area contributed by atoms with Crippen molar-refractivity contribution in [2.45, 2.75) is 13.8 Å². The fourth-order valence-corrected chi connectivity index (χ4v) is 1.28. The Labute approximate surface area is 109 Å². The first kappa shape index (κ1) is 16.3. The monoisotopic (exact) mass is 249 g/mol. The van der Waals surface area contributed by atoms with Gasteiger partial charge in [-0.15, -0.1) is 0 Å². The van der Waals surface area contributed by atoms with Crippen LogP contribution in [0, 0.1) is 0 Å². The quantitative estimate of drug-likeness (QED) is 0.337. The van der Waals surface area contributed by atoms with Crippen molar-refractivity contribution in [1.29, 1.82) is 0 Å². The van der Waals surface area contributed by atoms with Crippen LogP contribution < -0.4 is 0 Å². The Morgan fingerprint density at radius 1 is 1.44 bits per heavy atom. The maximum Gasteiger partial charge on any atom is 0.447 e. The first-order valence-electron chi connectivity index (χ1n) is 5.50. The number of methoxy groups -OCH3 is 1. The molecule has 0 aromatic rings. The van der Waals surface area contributed by atoms with E-state index >= 15 is 0 Å². The van der Waals surface area contributed by atoms with Crippen molar-refractivity contribution in [3.63, 3.8) is 0 Å². The predicted molar refractivity (Wildman–Crippen MR) is 74.6 cm³/mol. The van der Waals surface area contributed by atoms with Crippen LogP contribution in [0.5, 0.6) is 0 Å². The lowest BCUT2D eigenvalue weighted by Gasteiger charge is -2.21. The number of ether oxygens (including phenoxy) is 1. The molecule has 1 amide bonds. The molecule has 0 saturated carbocycles. The number of carbonyl (C=O) groups is 1. The maximum atomic E-state index is 12.0. The van der Waals surface area contributed by atoms with Crippen molar-refractivity contribution in [2.24, 2.45) is 0 Å². The van der Waals surface area contributed by atoms with E-state index in [4.69, 9.17) is 4.74 Å². The third kappa shape index (κ3) is 4.63. The molecule has 0 aromatic carbocycles. The van der Waals surface area contributed by atoms with Gasteiger partial charge in [0.15, 0.2) is 0 Å². The van der Waals surface area contributed by atoms with E-state index in [2.05, 4.69) is 13.2 Å². The van der Waals surface area contributed by atoms with Crippen LogP contribution in [0.15, 0.2) is 48.2 Å². The van der Waals surface area contributed by atoms with Crippen LogP contribution in [0.25, 0.3) is 0 Å². The largest absolute Gasteiger partial charge is 0.501 e. The van der Waals surface area contributed by atoms with Gasteiger partial charge in [0, 0.05) is 5.57 Å². The summed E-state index contributed by atoms with van der Waals surface area (Å²) < 4.78 is 4.94. The van der Waals surface area contributed by atoms with Gasteiger partial charge in [-0.05, 0) is 27.0 Å². The molecule has 0 rings (SSSR count). The Morgan fingerprint density at radius 2 is 2.00 bits per heavy atom. The number of nitrogens with zero attached hydrogens (tertiary/aromatic N) is 1. The summed E-state index contributed by atoms with van der Waals surface area (Å²) in [4.78, 5) is 13.2. The molecule has 0 radical (unpaired) electrons. The summed E-state index contributed by atoms with van der Waals surface area (Å²) in [6.07, 6.45) is 4.73. The minimum Gasteiger partial charge on any atom is -0.501 e. The van der Waals surface area contributed by atoms with Gasteiger partial charge >= 0.3 is 7.05 Å². The van der Waals surface area contributed by atoms with Crippen LogP contribution in [-0.4, -0.2) is 37.0 Å². The molecule has 0 atom stereocenters. The average molecular weight is 249 g/mol. The molecule has 0 aliphatic heterocycles. The molecule has 18 heavy (non-hydrogen) atoms. The zero-order valence-corrected chi connectivity index (χ0v) is 11.4. The number of hydrogen-bond acceptors (Lipinski definition) is 3. The standard InChI is InChI=1S/C13H20BNO3/c1-7-8-11(3)14(17)15(5)13(16)10(2)9-12(4)18-6/h7-9,17H,1-2H2,3-6H3/b11-8+,12-9+. The molecule has 0 aromatic heterocycles.